The number of hydrogen-bond acceptors (Lipinski definition) is 5. The molecule has 1 amide bonds. The van der Waals surface area contributed by atoms with Crippen LogP contribution >= 0.6 is 0 Å². The molecule has 0 saturated carbocycles. The van der Waals surface area contributed by atoms with Crippen LogP contribution in [0.15, 0.2) is 54.6 Å². The molecule has 2 unspecified atom stereocenters. The maximum Gasteiger partial charge on any atom is 0.238 e. The lowest BCUT2D eigenvalue weighted by Crippen LogP contribution is -2.45. The first-order valence-corrected chi connectivity index (χ1v) is 10.7. The second-order valence-corrected chi connectivity index (χ2v) is 7.99. The van der Waals surface area contributed by atoms with E-state index in [1.54, 1.807) is 0 Å². The van der Waals surface area contributed by atoms with E-state index in [9.17, 15) is 9.90 Å². The first-order valence-electron chi connectivity index (χ1n) is 10.7. The molecule has 1 aliphatic heterocycles. The summed E-state index contributed by atoms with van der Waals surface area (Å²) in [7, 11) is 0. The molecule has 2 aromatic carbocycles. The molecule has 0 aliphatic carbocycles. The molecule has 0 radical (unpaired) electrons. The molecule has 0 aromatic heterocycles. The second-order valence-electron chi connectivity index (χ2n) is 7.99. The third kappa shape index (κ3) is 6.83. The Morgan fingerprint density at radius 2 is 1.73 bits per heavy atom. The Labute approximate surface area is 179 Å². The normalized spacial score (nSPS) is 19.1. The summed E-state index contributed by atoms with van der Waals surface area (Å²) < 4.78 is 5.80. The SMILES string of the molecule is CC1CN(c2ccc(NC(=O)CN(CCO)CCc3ccccc3)cc2)CC(C)O1. The van der Waals surface area contributed by atoms with Crippen LogP contribution in [0.3, 0.4) is 0 Å². The fourth-order valence-electron chi connectivity index (χ4n) is 3.89. The van der Waals surface area contributed by atoms with Gasteiger partial charge in [-0.2, -0.15) is 0 Å². The number of aliphatic hydroxyl groups excluding tert-OH is 1. The quantitative estimate of drug-likeness (QED) is 0.664. The summed E-state index contributed by atoms with van der Waals surface area (Å²) in [5, 5.41) is 12.3. The molecule has 6 heteroatoms. The van der Waals surface area contributed by atoms with Crippen molar-refractivity contribution in [1.82, 2.24) is 4.90 Å². The Balaban J connectivity index is 1.51. The number of ether oxygens (including phenoxy) is 1. The van der Waals surface area contributed by atoms with Crippen LogP contribution in [-0.4, -0.2) is 67.5 Å². The number of carbonyl (C=O) groups is 1. The Hall–Kier alpha value is -2.41. The average molecular weight is 412 g/mol. The van der Waals surface area contributed by atoms with Crippen LogP contribution in [0.5, 0.6) is 0 Å². The van der Waals surface area contributed by atoms with Gasteiger partial charge < -0.3 is 20.1 Å². The van der Waals surface area contributed by atoms with Gasteiger partial charge >= 0.3 is 0 Å². The molecule has 162 valence electrons. The third-order valence-electron chi connectivity index (χ3n) is 5.28. The molecule has 0 spiro atoms. The zero-order valence-electron chi connectivity index (χ0n) is 18.0. The van der Waals surface area contributed by atoms with E-state index in [-0.39, 0.29) is 31.3 Å². The topological polar surface area (TPSA) is 65.0 Å². The average Bonchev–Trinajstić information content (AvgIpc) is 2.73. The zero-order chi connectivity index (χ0) is 21.3. The van der Waals surface area contributed by atoms with E-state index in [0.717, 1.165) is 37.4 Å². The Morgan fingerprint density at radius 1 is 1.07 bits per heavy atom. The van der Waals surface area contributed by atoms with Crippen molar-refractivity contribution in [2.45, 2.75) is 32.5 Å². The predicted molar refractivity (Wildman–Crippen MR) is 121 cm³/mol. The largest absolute Gasteiger partial charge is 0.395 e. The molecule has 1 fully saturated rings. The predicted octanol–water partition coefficient (Wildman–Crippen LogP) is 2.78. The van der Waals surface area contributed by atoms with Gasteiger partial charge in [0.05, 0.1) is 25.4 Å². The molecule has 1 aliphatic rings. The molecule has 6 nitrogen and oxygen atoms in total. The van der Waals surface area contributed by atoms with Crippen molar-refractivity contribution >= 4 is 17.3 Å². The van der Waals surface area contributed by atoms with Gasteiger partial charge in [0.25, 0.3) is 0 Å². The van der Waals surface area contributed by atoms with Crippen molar-refractivity contribution < 1.29 is 14.6 Å². The molecular weight excluding hydrogens is 378 g/mol. The van der Waals surface area contributed by atoms with Crippen LogP contribution < -0.4 is 10.2 Å². The lowest BCUT2D eigenvalue weighted by Gasteiger charge is -2.36. The van der Waals surface area contributed by atoms with Crippen molar-refractivity contribution in [3.05, 3.63) is 60.2 Å². The maximum absolute atomic E-state index is 12.5. The standard InChI is InChI=1S/C24H33N3O3/c1-19-16-27(17-20(2)30-19)23-10-8-22(9-11-23)25-24(29)18-26(14-15-28)13-12-21-6-4-3-5-7-21/h3-11,19-20,28H,12-18H2,1-2H3,(H,25,29). The van der Waals surface area contributed by atoms with Gasteiger partial charge in [-0.3, -0.25) is 9.69 Å². The van der Waals surface area contributed by atoms with Crippen LogP contribution in [0.1, 0.15) is 19.4 Å². The van der Waals surface area contributed by atoms with Gasteiger partial charge in [0.1, 0.15) is 0 Å². The molecule has 2 atom stereocenters. The number of anilines is 2. The van der Waals surface area contributed by atoms with E-state index in [2.05, 4.69) is 36.2 Å². The van der Waals surface area contributed by atoms with Gasteiger partial charge in [-0.15, -0.1) is 0 Å². The van der Waals surface area contributed by atoms with E-state index in [1.807, 2.05) is 47.4 Å². The number of morpholine rings is 1. The minimum Gasteiger partial charge on any atom is -0.395 e. The van der Waals surface area contributed by atoms with E-state index in [0.29, 0.717) is 6.54 Å². The molecular formula is C24H33N3O3. The van der Waals surface area contributed by atoms with E-state index >= 15 is 0 Å². The van der Waals surface area contributed by atoms with Crippen molar-refractivity contribution in [3.63, 3.8) is 0 Å². The fraction of sp³-hybridized carbons (Fsp3) is 0.458. The van der Waals surface area contributed by atoms with Crippen LogP contribution in [0.4, 0.5) is 11.4 Å². The zero-order valence-corrected chi connectivity index (χ0v) is 18.0. The Bertz CT molecular complexity index is 772. The lowest BCUT2D eigenvalue weighted by molar-refractivity contribution is -0.117. The van der Waals surface area contributed by atoms with Crippen LogP contribution in [0, 0.1) is 0 Å². The van der Waals surface area contributed by atoms with Gasteiger partial charge in [0, 0.05) is 37.6 Å². The first-order chi connectivity index (χ1) is 14.5. The number of hydrogen-bond donors (Lipinski definition) is 2. The summed E-state index contributed by atoms with van der Waals surface area (Å²) >= 11 is 0. The molecule has 1 heterocycles. The van der Waals surface area contributed by atoms with Crippen molar-refractivity contribution in [3.8, 4) is 0 Å². The van der Waals surface area contributed by atoms with Gasteiger partial charge in [0.2, 0.25) is 5.91 Å². The summed E-state index contributed by atoms with van der Waals surface area (Å²) in [5.74, 6) is -0.0714. The number of benzene rings is 2. The highest BCUT2D eigenvalue weighted by molar-refractivity contribution is 5.92. The highest BCUT2D eigenvalue weighted by Gasteiger charge is 2.22. The summed E-state index contributed by atoms with van der Waals surface area (Å²) in [6.07, 6.45) is 1.27. The second kappa shape index (κ2) is 11.1. The lowest BCUT2D eigenvalue weighted by atomic mass is 10.1. The smallest absolute Gasteiger partial charge is 0.238 e. The summed E-state index contributed by atoms with van der Waals surface area (Å²) in [4.78, 5) is 16.8. The van der Waals surface area contributed by atoms with Crippen LogP contribution in [0.2, 0.25) is 0 Å². The molecule has 2 N–H and O–H groups in total. The number of amides is 1. The van der Waals surface area contributed by atoms with Gasteiger partial charge in [0.15, 0.2) is 0 Å². The van der Waals surface area contributed by atoms with E-state index in [1.165, 1.54) is 5.56 Å². The number of rotatable bonds is 9. The highest BCUT2D eigenvalue weighted by atomic mass is 16.5. The van der Waals surface area contributed by atoms with Crippen LogP contribution in [0.25, 0.3) is 0 Å². The molecule has 3 rings (SSSR count). The van der Waals surface area contributed by atoms with Crippen molar-refractivity contribution in [2.75, 3.05) is 49.5 Å². The van der Waals surface area contributed by atoms with Crippen LogP contribution in [-0.2, 0) is 16.0 Å². The fourth-order valence-corrected chi connectivity index (χ4v) is 3.89. The Kier molecular flexibility index (Phi) is 8.25. The maximum atomic E-state index is 12.5. The summed E-state index contributed by atoms with van der Waals surface area (Å²) in [6.45, 7) is 7.42. The molecule has 30 heavy (non-hydrogen) atoms. The number of aliphatic hydroxyl groups is 1. The van der Waals surface area contributed by atoms with E-state index in [4.69, 9.17) is 4.74 Å². The monoisotopic (exact) mass is 411 g/mol. The van der Waals surface area contributed by atoms with Crippen molar-refractivity contribution in [2.24, 2.45) is 0 Å². The minimum absolute atomic E-state index is 0.0349. The van der Waals surface area contributed by atoms with Gasteiger partial charge in [-0.25, -0.2) is 0 Å². The number of nitrogens with zero attached hydrogens (tertiary/aromatic N) is 2. The molecule has 1 saturated heterocycles. The number of nitrogens with one attached hydrogen (secondary N) is 1. The van der Waals surface area contributed by atoms with Gasteiger partial charge in [-0.05, 0) is 50.1 Å². The first kappa shape index (κ1) is 22.3. The Morgan fingerprint density at radius 3 is 2.37 bits per heavy atom. The number of carbonyl (C=O) groups excluding carboxylic acids is 1. The third-order valence-corrected chi connectivity index (χ3v) is 5.28. The molecule has 0 bridgehead atoms. The summed E-state index contributed by atoms with van der Waals surface area (Å²) in [5.41, 5.74) is 3.15. The molecule has 2 aromatic rings. The highest BCUT2D eigenvalue weighted by Crippen LogP contribution is 2.22. The van der Waals surface area contributed by atoms with Crippen molar-refractivity contribution in [1.29, 1.82) is 0 Å². The van der Waals surface area contributed by atoms with Gasteiger partial charge in [-0.1, -0.05) is 30.3 Å². The minimum atomic E-state index is -0.0714. The van der Waals surface area contributed by atoms with E-state index < -0.39 is 0 Å². The summed E-state index contributed by atoms with van der Waals surface area (Å²) in [6, 6.07) is 18.2.